The fourth-order valence-corrected chi connectivity index (χ4v) is 1.49. The van der Waals surface area contributed by atoms with E-state index in [1.54, 1.807) is 43.7 Å². The number of aromatic nitrogens is 1. The van der Waals surface area contributed by atoms with Crippen LogP contribution in [0.1, 0.15) is 0 Å². The number of nitrogens with zero attached hydrogens (tertiary/aromatic N) is 2. The predicted octanol–water partition coefficient (Wildman–Crippen LogP) is 2.26. The summed E-state index contributed by atoms with van der Waals surface area (Å²) in [7, 11) is 1.62. The van der Waals surface area contributed by atoms with E-state index in [9.17, 15) is 9.18 Å². The van der Waals surface area contributed by atoms with Crippen LogP contribution in [-0.4, -0.2) is 24.5 Å². The van der Waals surface area contributed by atoms with Gasteiger partial charge in [-0.25, -0.2) is 4.39 Å². The fourth-order valence-electron chi connectivity index (χ4n) is 1.49. The molecule has 1 aromatic carbocycles. The molecular formula is C14H13FN2O2. The topological polar surface area (TPSA) is 42.4 Å². The summed E-state index contributed by atoms with van der Waals surface area (Å²) in [5.41, 5.74) is 0.657. The first kappa shape index (κ1) is 13.0. The molecule has 1 aromatic heterocycles. The number of rotatable bonds is 4. The Morgan fingerprint density at radius 2 is 2.11 bits per heavy atom. The molecule has 0 bridgehead atoms. The van der Waals surface area contributed by atoms with Gasteiger partial charge in [-0.1, -0.05) is 12.1 Å². The molecule has 0 saturated carbocycles. The molecule has 0 aliphatic rings. The lowest BCUT2D eigenvalue weighted by atomic mass is 10.3. The highest BCUT2D eigenvalue weighted by Gasteiger charge is 2.12. The van der Waals surface area contributed by atoms with E-state index in [-0.39, 0.29) is 18.3 Å². The summed E-state index contributed by atoms with van der Waals surface area (Å²) in [6.45, 7) is -0.230. The van der Waals surface area contributed by atoms with Crippen LogP contribution in [0.4, 0.5) is 10.1 Å². The zero-order valence-corrected chi connectivity index (χ0v) is 10.4. The van der Waals surface area contributed by atoms with Crippen molar-refractivity contribution in [2.75, 3.05) is 18.6 Å². The van der Waals surface area contributed by atoms with E-state index in [1.165, 1.54) is 17.0 Å². The summed E-state index contributed by atoms with van der Waals surface area (Å²) in [6, 6.07) is 9.46. The van der Waals surface area contributed by atoms with Crippen molar-refractivity contribution in [2.45, 2.75) is 0 Å². The third-order valence-electron chi connectivity index (χ3n) is 2.60. The Morgan fingerprint density at radius 3 is 2.79 bits per heavy atom. The molecule has 19 heavy (non-hydrogen) atoms. The summed E-state index contributed by atoms with van der Waals surface area (Å²) in [6.07, 6.45) is 3.19. The molecule has 1 heterocycles. The number of hydrogen-bond acceptors (Lipinski definition) is 3. The second kappa shape index (κ2) is 5.95. The quantitative estimate of drug-likeness (QED) is 0.846. The summed E-state index contributed by atoms with van der Waals surface area (Å²) in [5, 5.41) is 0. The molecule has 0 aliphatic heterocycles. The number of para-hydroxylation sites is 1. The number of benzene rings is 1. The third-order valence-corrected chi connectivity index (χ3v) is 2.60. The van der Waals surface area contributed by atoms with Gasteiger partial charge in [0.1, 0.15) is 0 Å². The molecule has 0 aliphatic carbocycles. The van der Waals surface area contributed by atoms with E-state index in [2.05, 4.69) is 4.98 Å². The van der Waals surface area contributed by atoms with Gasteiger partial charge in [0.15, 0.2) is 18.2 Å². The van der Waals surface area contributed by atoms with Gasteiger partial charge < -0.3 is 9.64 Å². The van der Waals surface area contributed by atoms with Gasteiger partial charge in [-0.2, -0.15) is 0 Å². The minimum Gasteiger partial charge on any atom is -0.481 e. The Labute approximate surface area is 110 Å². The normalized spacial score (nSPS) is 10.0. The zero-order valence-electron chi connectivity index (χ0n) is 10.4. The van der Waals surface area contributed by atoms with E-state index in [0.29, 0.717) is 5.69 Å². The molecular weight excluding hydrogens is 247 g/mol. The van der Waals surface area contributed by atoms with Gasteiger partial charge in [0, 0.05) is 13.2 Å². The van der Waals surface area contributed by atoms with Gasteiger partial charge in [-0.15, -0.1) is 0 Å². The number of carbonyl (C=O) groups is 1. The Hall–Kier alpha value is -2.43. The van der Waals surface area contributed by atoms with E-state index < -0.39 is 5.82 Å². The van der Waals surface area contributed by atoms with Gasteiger partial charge in [0.05, 0.1) is 11.9 Å². The fraction of sp³-hybridized carbons (Fsp3) is 0.143. The number of halogens is 1. The number of likely N-dealkylation sites (N-methyl/N-ethyl adjacent to an activating group) is 1. The van der Waals surface area contributed by atoms with Crippen LogP contribution in [0, 0.1) is 5.82 Å². The molecule has 4 nitrogen and oxygen atoms in total. The monoisotopic (exact) mass is 260 g/mol. The summed E-state index contributed by atoms with van der Waals surface area (Å²) >= 11 is 0. The SMILES string of the molecule is CN(C(=O)COc1ccccc1F)c1cccnc1. The first-order valence-electron chi connectivity index (χ1n) is 5.72. The Balaban J connectivity index is 1.97. The highest BCUT2D eigenvalue weighted by molar-refractivity contribution is 5.93. The van der Waals surface area contributed by atoms with Crippen molar-refractivity contribution in [3.63, 3.8) is 0 Å². The minimum absolute atomic E-state index is 0.0652. The zero-order chi connectivity index (χ0) is 13.7. The second-order valence-electron chi connectivity index (χ2n) is 3.88. The van der Waals surface area contributed by atoms with Crippen LogP contribution in [-0.2, 0) is 4.79 Å². The Kier molecular flexibility index (Phi) is 4.07. The summed E-state index contributed by atoms with van der Waals surface area (Å²) < 4.78 is 18.5. The Bertz CT molecular complexity index is 560. The van der Waals surface area contributed by atoms with E-state index >= 15 is 0 Å². The molecule has 0 N–H and O–H groups in total. The first-order chi connectivity index (χ1) is 9.18. The van der Waals surface area contributed by atoms with Crippen molar-refractivity contribution >= 4 is 11.6 Å². The van der Waals surface area contributed by atoms with Crippen molar-refractivity contribution in [3.8, 4) is 5.75 Å². The highest BCUT2D eigenvalue weighted by Crippen LogP contribution is 2.16. The van der Waals surface area contributed by atoms with Crippen LogP contribution in [0.5, 0.6) is 5.75 Å². The molecule has 0 saturated heterocycles. The van der Waals surface area contributed by atoms with Gasteiger partial charge in [0.2, 0.25) is 0 Å². The van der Waals surface area contributed by atoms with Crippen molar-refractivity contribution in [1.82, 2.24) is 4.98 Å². The van der Waals surface area contributed by atoms with Crippen LogP contribution in [0.15, 0.2) is 48.8 Å². The number of pyridine rings is 1. The van der Waals surface area contributed by atoms with E-state index in [0.717, 1.165) is 0 Å². The lowest BCUT2D eigenvalue weighted by Crippen LogP contribution is -2.31. The summed E-state index contributed by atoms with van der Waals surface area (Å²) in [4.78, 5) is 17.2. The maximum atomic E-state index is 13.3. The largest absolute Gasteiger partial charge is 0.481 e. The minimum atomic E-state index is -0.487. The highest BCUT2D eigenvalue weighted by atomic mass is 19.1. The van der Waals surface area contributed by atoms with Crippen molar-refractivity contribution < 1.29 is 13.9 Å². The van der Waals surface area contributed by atoms with Gasteiger partial charge in [0.25, 0.3) is 5.91 Å². The van der Waals surface area contributed by atoms with Crippen LogP contribution < -0.4 is 9.64 Å². The standard InChI is InChI=1S/C14H13FN2O2/c1-17(11-5-4-8-16-9-11)14(18)10-19-13-7-3-2-6-12(13)15/h2-9H,10H2,1H3. The van der Waals surface area contributed by atoms with Gasteiger partial charge in [-0.3, -0.25) is 9.78 Å². The maximum absolute atomic E-state index is 13.3. The number of ether oxygens (including phenoxy) is 1. The number of amides is 1. The van der Waals surface area contributed by atoms with Crippen LogP contribution >= 0.6 is 0 Å². The molecule has 1 amide bonds. The van der Waals surface area contributed by atoms with E-state index in [4.69, 9.17) is 4.74 Å². The number of anilines is 1. The third kappa shape index (κ3) is 3.28. The van der Waals surface area contributed by atoms with Crippen molar-refractivity contribution in [2.24, 2.45) is 0 Å². The van der Waals surface area contributed by atoms with Crippen molar-refractivity contribution in [3.05, 3.63) is 54.6 Å². The lowest BCUT2D eigenvalue weighted by molar-refractivity contribution is -0.120. The molecule has 0 spiro atoms. The number of carbonyl (C=O) groups excluding carboxylic acids is 1. The summed E-state index contributed by atoms with van der Waals surface area (Å²) in [5.74, 6) is -0.703. The molecule has 0 radical (unpaired) electrons. The molecule has 98 valence electrons. The molecule has 2 rings (SSSR count). The predicted molar refractivity (Wildman–Crippen MR) is 69.5 cm³/mol. The van der Waals surface area contributed by atoms with Crippen LogP contribution in [0.25, 0.3) is 0 Å². The van der Waals surface area contributed by atoms with Crippen LogP contribution in [0.2, 0.25) is 0 Å². The molecule has 0 atom stereocenters. The molecule has 0 unspecified atom stereocenters. The average Bonchev–Trinajstić information content (AvgIpc) is 2.46. The van der Waals surface area contributed by atoms with Gasteiger partial charge in [-0.05, 0) is 24.3 Å². The average molecular weight is 260 g/mol. The molecule has 0 fully saturated rings. The first-order valence-corrected chi connectivity index (χ1v) is 5.72. The molecule has 2 aromatic rings. The van der Waals surface area contributed by atoms with Crippen LogP contribution in [0.3, 0.4) is 0 Å². The van der Waals surface area contributed by atoms with Crippen molar-refractivity contribution in [1.29, 1.82) is 0 Å². The molecule has 5 heteroatoms. The number of hydrogen-bond donors (Lipinski definition) is 0. The Morgan fingerprint density at radius 1 is 1.32 bits per heavy atom. The lowest BCUT2D eigenvalue weighted by Gasteiger charge is -2.17. The second-order valence-corrected chi connectivity index (χ2v) is 3.88. The van der Waals surface area contributed by atoms with Gasteiger partial charge >= 0.3 is 0 Å². The maximum Gasteiger partial charge on any atom is 0.264 e. The smallest absolute Gasteiger partial charge is 0.264 e. The van der Waals surface area contributed by atoms with E-state index in [1.807, 2.05) is 0 Å².